The maximum atomic E-state index is 12.2. The Hall–Kier alpha value is -2.77. The Morgan fingerprint density at radius 3 is 2.41 bits per heavy atom. The molecule has 8 heteroatoms. The van der Waals surface area contributed by atoms with Gasteiger partial charge in [0.05, 0.1) is 13.2 Å². The number of hydrogen-bond acceptors (Lipinski definition) is 5. The highest BCUT2D eigenvalue weighted by molar-refractivity contribution is 5.85. The monoisotopic (exact) mass is 393 g/mol. The van der Waals surface area contributed by atoms with Gasteiger partial charge in [0.1, 0.15) is 0 Å². The van der Waals surface area contributed by atoms with E-state index in [0.717, 1.165) is 11.1 Å². The molecule has 0 unspecified atom stereocenters. The van der Waals surface area contributed by atoms with Gasteiger partial charge in [-0.2, -0.15) is 0 Å². The number of halogens is 1. The maximum absolute atomic E-state index is 12.2. The molecule has 0 bridgehead atoms. The quantitative estimate of drug-likeness (QED) is 0.591. The van der Waals surface area contributed by atoms with Gasteiger partial charge in [0.2, 0.25) is 5.91 Å². The molecule has 2 aromatic rings. The normalized spacial score (nSPS) is 11.0. The highest BCUT2D eigenvalue weighted by Crippen LogP contribution is 2.28. The van der Waals surface area contributed by atoms with E-state index >= 15 is 0 Å². The minimum atomic E-state index is -0.627. The molecule has 5 N–H and O–H groups in total. The van der Waals surface area contributed by atoms with Crippen LogP contribution in [0.3, 0.4) is 0 Å². The fourth-order valence-electron chi connectivity index (χ4n) is 2.37. The van der Waals surface area contributed by atoms with E-state index in [2.05, 4.69) is 5.32 Å². The second-order valence-electron chi connectivity index (χ2n) is 5.75. The van der Waals surface area contributed by atoms with Crippen molar-refractivity contribution in [1.29, 1.82) is 0 Å². The van der Waals surface area contributed by atoms with Gasteiger partial charge in [-0.05, 0) is 29.7 Å². The summed E-state index contributed by atoms with van der Waals surface area (Å²) in [6, 6.07) is 14.1. The summed E-state index contributed by atoms with van der Waals surface area (Å²) in [7, 11) is 1.49. The second kappa shape index (κ2) is 11.1. The molecule has 1 atom stereocenters. The fourth-order valence-corrected chi connectivity index (χ4v) is 2.37. The predicted octanol–water partition coefficient (Wildman–Crippen LogP) is 1.17. The van der Waals surface area contributed by atoms with Gasteiger partial charge in [-0.1, -0.05) is 36.4 Å². The largest absolute Gasteiger partial charge is 0.493 e. The van der Waals surface area contributed by atoms with Crippen LogP contribution in [-0.2, 0) is 22.6 Å². The Bertz CT molecular complexity index is 756. The lowest BCUT2D eigenvalue weighted by Crippen LogP contribution is -2.41. The molecule has 0 spiro atoms. The number of amides is 2. The van der Waals surface area contributed by atoms with Crippen LogP contribution in [-0.4, -0.2) is 31.6 Å². The van der Waals surface area contributed by atoms with E-state index in [9.17, 15) is 9.59 Å². The summed E-state index contributed by atoms with van der Waals surface area (Å²) in [5, 5.41) is 2.81. The fraction of sp³-hybridized carbons (Fsp3) is 0.263. The SMILES string of the molecule is COc1cc(CNC(=O)[C@@H](N)Cc2ccccc2)ccc1OCC(N)=O.Cl. The number of rotatable bonds is 9. The topological polar surface area (TPSA) is 117 Å². The van der Waals surface area contributed by atoms with Crippen LogP contribution in [0.2, 0.25) is 0 Å². The molecule has 2 amide bonds. The highest BCUT2D eigenvalue weighted by Gasteiger charge is 2.14. The van der Waals surface area contributed by atoms with Crippen molar-refractivity contribution in [3.05, 3.63) is 59.7 Å². The van der Waals surface area contributed by atoms with Gasteiger partial charge >= 0.3 is 0 Å². The number of nitrogens with one attached hydrogen (secondary N) is 1. The number of ether oxygens (including phenoxy) is 2. The van der Waals surface area contributed by atoms with E-state index in [1.165, 1.54) is 7.11 Å². The van der Waals surface area contributed by atoms with Crippen molar-refractivity contribution in [2.24, 2.45) is 11.5 Å². The van der Waals surface area contributed by atoms with Crippen LogP contribution in [0.1, 0.15) is 11.1 Å². The number of hydrogen-bond donors (Lipinski definition) is 3. The molecule has 0 aliphatic heterocycles. The third-order valence-electron chi connectivity index (χ3n) is 3.70. The molecule has 2 aromatic carbocycles. The number of nitrogens with two attached hydrogens (primary N) is 2. The van der Waals surface area contributed by atoms with Gasteiger partial charge < -0.3 is 26.3 Å². The number of benzene rings is 2. The minimum Gasteiger partial charge on any atom is -0.493 e. The Morgan fingerprint density at radius 1 is 1.07 bits per heavy atom. The van der Waals surface area contributed by atoms with Crippen LogP contribution in [0, 0.1) is 0 Å². The molecule has 7 nitrogen and oxygen atoms in total. The van der Waals surface area contributed by atoms with Crippen LogP contribution in [0.4, 0.5) is 0 Å². The molecule has 0 aliphatic rings. The average molecular weight is 394 g/mol. The van der Waals surface area contributed by atoms with Crippen molar-refractivity contribution in [1.82, 2.24) is 5.32 Å². The van der Waals surface area contributed by atoms with Crippen LogP contribution < -0.4 is 26.3 Å². The zero-order valence-electron chi connectivity index (χ0n) is 15.0. The molecule has 0 aliphatic carbocycles. The van der Waals surface area contributed by atoms with E-state index in [1.54, 1.807) is 18.2 Å². The summed E-state index contributed by atoms with van der Waals surface area (Å²) in [6.45, 7) is 0.0641. The lowest BCUT2D eigenvalue weighted by atomic mass is 10.1. The van der Waals surface area contributed by atoms with Crippen LogP contribution in [0.15, 0.2) is 48.5 Å². The summed E-state index contributed by atoms with van der Waals surface area (Å²) < 4.78 is 10.5. The van der Waals surface area contributed by atoms with Crippen molar-refractivity contribution in [3.8, 4) is 11.5 Å². The molecular weight excluding hydrogens is 370 g/mol. The van der Waals surface area contributed by atoms with Crippen molar-refractivity contribution in [2.45, 2.75) is 19.0 Å². The molecule has 0 aromatic heterocycles. The molecule has 0 heterocycles. The van der Waals surface area contributed by atoms with Gasteiger partial charge in [-0.3, -0.25) is 9.59 Å². The third kappa shape index (κ3) is 7.16. The second-order valence-corrected chi connectivity index (χ2v) is 5.75. The molecular formula is C19H24ClN3O4. The van der Waals surface area contributed by atoms with E-state index in [-0.39, 0.29) is 24.9 Å². The average Bonchev–Trinajstić information content (AvgIpc) is 2.65. The third-order valence-corrected chi connectivity index (χ3v) is 3.70. The minimum absolute atomic E-state index is 0. The Balaban J connectivity index is 0.00000364. The van der Waals surface area contributed by atoms with Crippen LogP contribution >= 0.6 is 12.4 Å². The summed E-state index contributed by atoms with van der Waals surface area (Å²) in [4.78, 5) is 23.0. The first-order valence-corrected chi connectivity index (χ1v) is 8.15. The van der Waals surface area contributed by atoms with E-state index in [4.69, 9.17) is 20.9 Å². The smallest absolute Gasteiger partial charge is 0.255 e. The zero-order valence-corrected chi connectivity index (χ0v) is 15.8. The molecule has 2 rings (SSSR count). The molecule has 146 valence electrons. The Labute approximate surface area is 164 Å². The molecule has 0 fully saturated rings. The van der Waals surface area contributed by atoms with E-state index < -0.39 is 11.9 Å². The van der Waals surface area contributed by atoms with Gasteiger partial charge in [-0.15, -0.1) is 12.4 Å². The van der Waals surface area contributed by atoms with Crippen LogP contribution in [0.25, 0.3) is 0 Å². The van der Waals surface area contributed by atoms with Crippen molar-refractivity contribution in [2.75, 3.05) is 13.7 Å². The molecule has 0 saturated heterocycles. The maximum Gasteiger partial charge on any atom is 0.255 e. The van der Waals surface area contributed by atoms with Crippen LogP contribution in [0.5, 0.6) is 11.5 Å². The first kappa shape index (κ1) is 22.3. The Kier molecular flexibility index (Phi) is 9.12. The van der Waals surface area contributed by atoms with Gasteiger partial charge in [0.15, 0.2) is 18.1 Å². The number of primary amides is 1. The number of carbonyl (C=O) groups excluding carboxylic acids is 2. The van der Waals surface area contributed by atoms with E-state index in [1.807, 2.05) is 30.3 Å². The summed E-state index contributed by atoms with van der Waals surface area (Å²) in [6.07, 6.45) is 0.468. The number of carbonyl (C=O) groups is 2. The zero-order chi connectivity index (χ0) is 18.9. The summed E-state index contributed by atoms with van der Waals surface area (Å²) in [5.74, 6) is 0.0476. The van der Waals surface area contributed by atoms with E-state index in [0.29, 0.717) is 24.5 Å². The Morgan fingerprint density at radius 2 is 1.78 bits per heavy atom. The molecule has 0 saturated carbocycles. The van der Waals surface area contributed by atoms with Crippen molar-refractivity contribution >= 4 is 24.2 Å². The molecule has 27 heavy (non-hydrogen) atoms. The lowest BCUT2D eigenvalue weighted by Gasteiger charge is -2.14. The number of methoxy groups -OCH3 is 1. The predicted molar refractivity (Wildman–Crippen MR) is 105 cm³/mol. The molecule has 0 radical (unpaired) electrons. The lowest BCUT2D eigenvalue weighted by molar-refractivity contribution is -0.122. The first-order valence-electron chi connectivity index (χ1n) is 8.15. The summed E-state index contributed by atoms with van der Waals surface area (Å²) in [5.41, 5.74) is 12.8. The van der Waals surface area contributed by atoms with Gasteiger partial charge in [-0.25, -0.2) is 0 Å². The van der Waals surface area contributed by atoms with Crippen molar-refractivity contribution < 1.29 is 19.1 Å². The van der Waals surface area contributed by atoms with Crippen molar-refractivity contribution in [3.63, 3.8) is 0 Å². The first-order chi connectivity index (χ1) is 12.5. The standard InChI is InChI=1S/C19H23N3O4.ClH/c1-25-17-10-14(7-8-16(17)26-12-18(21)23)11-22-19(24)15(20)9-13-5-3-2-4-6-13;/h2-8,10,15H,9,11-12,20H2,1H3,(H2,21,23)(H,22,24);1H/t15-;/m0./s1. The highest BCUT2D eigenvalue weighted by atomic mass is 35.5. The van der Waals surface area contributed by atoms with Gasteiger partial charge in [0, 0.05) is 6.54 Å². The van der Waals surface area contributed by atoms with Gasteiger partial charge in [0.25, 0.3) is 5.91 Å². The summed E-state index contributed by atoms with van der Waals surface area (Å²) >= 11 is 0.